The summed E-state index contributed by atoms with van der Waals surface area (Å²) < 4.78 is 0. The van der Waals surface area contributed by atoms with Gasteiger partial charge in [-0.05, 0) is 13.8 Å². The van der Waals surface area contributed by atoms with Crippen molar-refractivity contribution in [3.63, 3.8) is 0 Å². The monoisotopic (exact) mass is 225 g/mol. The zero-order valence-corrected chi connectivity index (χ0v) is 9.80. The average molecular weight is 225 g/mol. The van der Waals surface area contributed by atoms with Gasteiger partial charge in [-0.25, -0.2) is 4.98 Å². The number of rotatable bonds is 1. The molecule has 1 aromatic rings. The minimum atomic E-state index is 0.129. The van der Waals surface area contributed by atoms with Gasteiger partial charge in [0.25, 0.3) is 5.91 Å². The Morgan fingerprint density at radius 1 is 1.73 bits per heavy atom. The first-order chi connectivity index (χ1) is 7.20. The summed E-state index contributed by atoms with van der Waals surface area (Å²) in [5.74, 6) is 0.129. The number of hydrogen-bond donors (Lipinski definition) is 1. The first kappa shape index (κ1) is 10.6. The molecule has 15 heavy (non-hydrogen) atoms. The van der Waals surface area contributed by atoms with E-state index in [4.69, 9.17) is 0 Å². The van der Waals surface area contributed by atoms with E-state index in [0.717, 1.165) is 30.2 Å². The number of nitrogens with zero attached hydrogens (tertiary/aromatic N) is 2. The second-order valence-electron chi connectivity index (χ2n) is 3.82. The molecule has 1 N–H and O–H groups in total. The Morgan fingerprint density at radius 3 is 3.13 bits per heavy atom. The van der Waals surface area contributed by atoms with Gasteiger partial charge < -0.3 is 10.2 Å². The van der Waals surface area contributed by atoms with Crippen LogP contribution >= 0.6 is 11.3 Å². The molecule has 1 amide bonds. The van der Waals surface area contributed by atoms with E-state index >= 15 is 0 Å². The molecule has 5 heteroatoms. The molecule has 1 fully saturated rings. The minimum absolute atomic E-state index is 0.129. The van der Waals surface area contributed by atoms with Crippen molar-refractivity contribution in [1.29, 1.82) is 0 Å². The Hall–Kier alpha value is -0.940. The van der Waals surface area contributed by atoms with Gasteiger partial charge in [0.05, 0.1) is 11.2 Å². The van der Waals surface area contributed by atoms with Crippen molar-refractivity contribution < 1.29 is 4.79 Å². The number of aromatic nitrogens is 1. The van der Waals surface area contributed by atoms with Crippen molar-refractivity contribution in [3.05, 3.63) is 16.1 Å². The third-order valence-electron chi connectivity index (χ3n) is 2.70. The third-order valence-corrected chi connectivity index (χ3v) is 3.62. The Kier molecular flexibility index (Phi) is 3.02. The first-order valence-electron chi connectivity index (χ1n) is 5.12. The van der Waals surface area contributed by atoms with Crippen LogP contribution in [0.3, 0.4) is 0 Å². The molecular formula is C10H15N3OS. The fraction of sp³-hybridized carbons (Fsp3) is 0.600. The highest BCUT2D eigenvalue weighted by Crippen LogP contribution is 2.17. The second kappa shape index (κ2) is 4.28. The van der Waals surface area contributed by atoms with Gasteiger partial charge in [-0.3, -0.25) is 4.79 Å². The Labute approximate surface area is 93.3 Å². The van der Waals surface area contributed by atoms with Crippen LogP contribution in [0.1, 0.15) is 22.3 Å². The zero-order chi connectivity index (χ0) is 10.8. The largest absolute Gasteiger partial charge is 0.333 e. The molecule has 0 bridgehead atoms. The predicted molar refractivity (Wildman–Crippen MR) is 60.2 cm³/mol. The summed E-state index contributed by atoms with van der Waals surface area (Å²) in [6.45, 7) is 6.51. The van der Waals surface area contributed by atoms with Crippen LogP contribution in [0.2, 0.25) is 0 Å². The molecule has 82 valence electrons. The van der Waals surface area contributed by atoms with Crippen LogP contribution in [-0.4, -0.2) is 41.5 Å². The summed E-state index contributed by atoms with van der Waals surface area (Å²) >= 11 is 1.43. The maximum Gasteiger partial charge on any atom is 0.266 e. The Bertz CT molecular complexity index is 363. The number of nitrogens with one attached hydrogen (secondary N) is 1. The maximum absolute atomic E-state index is 12.2. The molecule has 1 saturated heterocycles. The molecule has 0 spiro atoms. The van der Waals surface area contributed by atoms with Gasteiger partial charge in [0, 0.05) is 25.7 Å². The van der Waals surface area contributed by atoms with Crippen molar-refractivity contribution in [2.24, 2.45) is 0 Å². The molecule has 4 nitrogen and oxygen atoms in total. The fourth-order valence-corrected chi connectivity index (χ4v) is 2.54. The maximum atomic E-state index is 12.2. The number of thiazole rings is 1. The van der Waals surface area contributed by atoms with Gasteiger partial charge in [0.1, 0.15) is 4.88 Å². The van der Waals surface area contributed by atoms with E-state index in [-0.39, 0.29) is 11.9 Å². The topological polar surface area (TPSA) is 45.2 Å². The van der Waals surface area contributed by atoms with Crippen LogP contribution in [0.25, 0.3) is 0 Å². The van der Waals surface area contributed by atoms with Crippen molar-refractivity contribution >= 4 is 17.2 Å². The van der Waals surface area contributed by atoms with E-state index < -0.39 is 0 Å². The number of carbonyl (C=O) groups excluding carboxylic acids is 1. The molecule has 1 atom stereocenters. The molecule has 2 heterocycles. The highest BCUT2D eigenvalue weighted by Gasteiger charge is 2.25. The number of aryl methyl sites for hydroxylation is 1. The summed E-state index contributed by atoms with van der Waals surface area (Å²) in [5.41, 5.74) is 2.57. The van der Waals surface area contributed by atoms with Crippen molar-refractivity contribution in [1.82, 2.24) is 15.2 Å². The van der Waals surface area contributed by atoms with Crippen LogP contribution in [0.5, 0.6) is 0 Å². The Morgan fingerprint density at radius 2 is 2.53 bits per heavy atom. The lowest BCUT2D eigenvalue weighted by Gasteiger charge is -2.33. The van der Waals surface area contributed by atoms with E-state index in [1.807, 2.05) is 11.8 Å². The molecule has 0 aliphatic carbocycles. The predicted octanol–water partition coefficient (Wildman–Crippen LogP) is 0.885. The molecule has 2 rings (SSSR count). The summed E-state index contributed by atoms with van der Waals surface area (Å²) in [4.78, 5) is 19.0. The number of carbonyl (C=O) groups is 1. The normalized spacial score (nSPS) is 21.7. The summed E-state index contributed by atoms with van der Waals surface area (Å²) in [7, 11) is 0. The van der Waals surface area contributed by atoms with Crippen LogP contribution in [0, 0.1) is 6.92 Å². The Balaban J connectivity index is 2.17. The highest BCUT2D eigenvalue weighted by molar-refractivity contribution is 7.11. The molecule has 0 unspecified atom stereocenters. The van der Waals surface area contributed by atoms with Crippen LogP contribution in [0.4, 0.5) is 0 Å². The van der Waals surface area contributed by atoms with Crippen molar-refractivity contribution in [2.45, 2.75) is 19.9 Å². The van der Waals surface area contributed by atoms with E-state index in [9.17, 15) is 4.79 Å². The molecule has 1 aliphatic heterocycles. The quantitative estimate of drug-likeness (QED) is 0.772. The van der Waals surface area contributed by atoms with Crippen LogP contribution in [0.15, 0.2) is 5.51 Å². The van der Waals surface area contributed by atoms with E-state index in [0.29, 0.717) is 0 Å². The van der Waals surface area contributed by atoms with Gasteiger partial charge in [-0.2, -0.15) is 0 Å². The SMILES string of the molecule is Cc1ncsc1C(=O)N1CCNC[C@H]1C. The average Bonchev–Trinajstić information content (AvgIpc) is 2.64. The number of piperazine rings is 1. The van der Waals surface area contributed by atoms with Crippen molar-refractivity contribution in [3.8, 4) is 0 Å². The standard InChI is InChI=1S/C10H15N3OS/c1-7-5-11-3-4-13(7)10(14)9-8(2)12-6-15-9/h6-7,11H,3-5H2,1-2H3/t7-/m1/s1. The molecule has 1 aromatic heterocycles. The molecule has 0 aromatic carbocycles. The summed E-state index contributed by atoms with van der Waals surface area (Å²) in [5, 5.41) is 3.27. The highest BCUT2D eigenvalue weighted by atomic mass is 32.1. The van der Waals surface area contributed by atoms with E-state index in [1.165, 1.54) is 11.3 Å². The fourth-order valence-electron chi connectivity index (χ4n) is 1.78. The number of hydrogen-bond acceptors (Lipinski definition) is 4. The lowest BCUT2D eigenvalue weighted by atomic mass is 10.2. The van der Waals surface area contributed by atoms with Gasteiger partial charge in [-0.15, -0.1) is 11.3 Å². The van der Waals surface area contributed by atoms with Crippen molar-refractivity contribution in [2.75, 3.05) is 19.6 Å². The minimum Gasteiger partial charge on any atom is -0.333 e. The lowest BCUT2D eigenvalue weighted by Crippen LogP contribution is -2.52. The van der Waals surface area contributed by atoms with Gasteiger partial charge in [0.2, 0.25) is 0 Å². The summed E-state index contributed by atoms with van der Waals surface area (Å²) in [6, 6.07) is 0.271. The van der Waals surface area contributed by atoms with Crippen LogP contribution in [-0.2, 0) is 0 Å². The van der Waals surface area contributed by atoms with Crippen LogP contribution < -0.4 is 5.32 Å². The molecule has 1 aliphatic rings. The molecule has 0 saturated carbocycles. The molecule has 0 radical (unpaired) electrons. The lowest BCUT2D eigenvalue weighted by molar-refractivity contribution is 0.0660. The second-order valence-corrected chi connectivity index (χ2v) is 4.67. The number of amides is 1. The van der Waals surface area contributed by atoms with Gasteiger partial charge >= 0.3 is 0 Å². The van der Waals surface area contributed by atoms with E-state index in [1.54, 1.807) is 5.51 Å². The smallest absolute Gasteiger partial charge is 0.266 e. The van der Waals surface area contributed by atoms with Gasteiger partial charge in [-0.1, -0.05) is 0 Å². The zero-order valence-electron chi connectivity index (χ0n) is 8.99. The first-order valence-corrected chi connectivity index (χ1v) is 6.00. The molecular weight excluding hydrogens is 210 g/mol. The van der Waals surface area contributed by atoms with E-state index in [2.05, 4.69) is 17.2 Å². The third kappa shape index (κ3) is 2.03. The summed E-state index contributed by atoms with van der Waals surface area (Å²) in [6.07, 6.45) is 0. The van der Waals surface area contributed by atoms with Gasteiger partial charge in [0.15, 0.2) is 0 Å².